The summed E-state index contributed by atoms with van der Waals surface area (Å²) in [4.78, 5) is 24.1. The second-order valence-corrected chi connectivity index (χ2v) is 6.28. The van der Waals surface area contributed by atoms with E-state index in [0.29, 0.717) is 17.1 Å². The zero-order valence-corrected chi connectivity index (χ0v) is 14.4. The van der Waals surface area contributed by atoms with Gasteiger partial charge in [0, 0.05) is 16.7 Å². The lowest BCUT2D eigenvalue weighted by Gasteiger charge is -2.26. The van der Waals surface area contributed by atoms with Crippen molar-refractivity contribution in [2.24, 2.45) is 5.73 Å². The first-order valence-corrected chi connectivity index (χ1v) is 8.54. The molecule has 2 N–H and O–H groups in total. The number of benzene rings is 3. The minimum absolute atomic E-state index is 0.111. The number of para-hydroxylation sites is 2. The van der Waals surface area contributed by atoms with Crippen molar-refractivity contribution in [2.45, 2.75) is 12.5 Å². The molecule has 0 aliphatic carbocycles. The predicted molar refractivity (Wildman–Crippen MR) is 99.6 cm³/mol. The van der Waals surface area contributed by atoms with E-state index in [1.165, 1.54) is 0 Å². The molecule has 0 bridgehead atoms. The molecule has 0 saturated heterocycles. The second-order valence-electron chi connectivity index (χ2n) is 6.28. The summed E-state index contributed by atoms with van der Waals surface area (Å²) in [5, 5.41) is 0. The van der Waals surface area contributed by atoms with Crippen LogP contribution in [-0.4, -0.2) is 11.9 Å². The van der Waals surface area contributed by atoms with Crippen LogP contribution in [0.15, 0.2) is 72.8 Å². The number of carbonyl (C=O) groups is 2. The topological polar surface area (TPSA) is 78.6 Å². The van der Waals surface area contributed by atoms with Crippen molar-refractivity contribution in [3.63, 3.8) is 0 Å². The van der Waals surface area contributed by atoms with E-state index in [1.807, 2.05) is 48.5 Å². The Morgan fingerprint density at radius 2 is 1.41 bits per heavy atom. The molecule has 134 valence electrons. The van der Waals surface area contributed by atoms with Crippen LogP contribution in [0.3, 0.4) is 0 Å². The molecule has 0 saturated carbocycles. The minimum Gasteiger partial charge on any atom is -0.460 e. The Morgan fingerprint density at radius 3 is 1.96 bits per heavy atom. The van der Waals surface area contributed by atoms with E-state index in [9.17, 15) is 9.59 Å². The summed E-state index contributed by atoms with van der Waals surface area (Å²) in [6.45, 7) is 0.111. The van der Waals surface area contributed by atoms with Gasteiger partial charge in [-0.1, -0.05) is 48.5 Å². The van der Waals surface area contributed by atoms with Crippen molar-refractivity contribution in [1.29, 1.82) is 0 Å². The molecule has 5 heteroatoms. The van der Waals surface area contributed by atoms with Gasteiger partial charge in [0.05, 0.1) is 0 Å². The van der Waals surface area contributed by atoms with E-state index in [2.05, 4.69) is 0 Å². The number of carbonyl (C=O) groups excluding carboxylic acids is 2. The quantitative estimate of drug-likeness (QED) is 0.719. The van der Waals surface area contributed by atoms with Crippen LogP contribution in [0.2, 0.25) is 0 Å². The molecule has 0 aromatic heterocycles. The van der Waals surface area contributed by atoms with Crippen LogP contribution >= 0.6 is 0 Å². The van der Waals surface area contributed by atoms with Crippen LogP contribution in [0, 0.1) is 0 Å². The summed E-state index contributed by atoms with van der Waals surface area (Å²) in [6.07, 6.45) is 0. The third kappa shape index (κ3) is 3.27. The SMILES string of the molecule is NC(=O)c1ccc(COC(=O)C2c3ccccc3Oc3ccccc32)cc1. The van der Waals surface area contributed by atoms with Crippen molar-refractivity contribution < 1.29 is 19.1 Å². The Hall–Kier alpha value is -3.60. The molecule has 1 aliphatic heterocycles. The van der Waals surface area contributed by atoms with Crippen molar-refractivity contribution in [3.8, 4) is 11.5 Å². The van der Waals surface area contributed by atoms with Gasteiger partial charge in [-0.3, -0.25) is 9.59 Å². The molecule has 3 aromatic rings. The summed E-state index contributed by atoms with van der Waals surface area (Å²) >= 11 is 0. The number of ether oxygens (including phenoxy) is 2. The lowest BCUT2D eigenvalue weighted by Crippen LogP contribution is -2.21. The molecule has 0 fully saturated rings. The third-order valence-corrected chi connectivity index (χ3v) is 4.54. The molecule has 3 aromatic carbocycles. The monoisotopic (exact) mass is 359 g/mol. The van der Waals surface area contributed by atoms with Gasteiger partial charge >= 0.3 is 5.97 Å². The van der Waals surface area contributed by atoms with Crippen LogP contribution in [0.25, 0.3) is 0 Å². The first-order chi connectivity index (χ1) is 13.1. The third-order valence-electron chi connectivity index (χ3n) is 4.54. The first-order valence-electron chi connectivity index (χ1n) is 8.54. The fraction of sp³-hybridized carbons (Fsp3) is 0.0909. The highest BCUT2D eigenvalue weighted by Gasteiger charge is 2.33. The lowest BCUT2D eigenvalue weighted by molar-refractivity contribution is -0.145. The molecule has 0 unspecified atom stereocenters. The largest absolute Gasteiger partial charge is 0.460 e. The number of primary amides is 1. The summed E-state index contributed by atoms with van der Waals surface area (Å²) in [7, 11) is 0. The number of hydrogen-bond donors (Lipinski definition) is 1. The summed E-state index contributed by atoms with van der Waals surface area (Å²) in [6, 6.07) is 21.6. The summed E-state index contributed by atoms with van der Waals surface area (Å²) in [5.74, 6) is -0.0740. The van der Waals surface area contributed by atoms with Gasteiger partial charge in [-0.05, 0) is 29.8 Å². The molecule has 1 amide bonds. The van der Waals surface area contributed by atoms with Crippen LogP contribution in [-0.2, 0) is 16.1 Å². The molecule has 4 rings (SSSR count). The summed E-state index contributed by atoms with van der Waals surface area (Å²) in [5.41, 5.74) is 8.00. The summed E-state index contributed by atoms with van der Waals surface area (Å²) < 4.78 is 11.5. The van der Waals surface area contributed by atoms with Crippen molar-refractivity contribution >= 4 is 11.9 Å². The number of nitrogens with two attached hydrogens (primary N) is 1. The van der Waals surface area contributed by atoms with Gasteiger partial charge < -0.3 is 15.2 Å². The maximum Gasteiger partial charge on any atom is 0.318 e. The smallest absolute Gasteiger partial charge is 0.318 e. The molecular weight excluding hydrogens is 342 g/mol. The van der Waals surface area contributed by atoms with E-state index in [1.54, 1.807) is 24.3 Å². The van der Waals surface area contributed by atoms with Gasteiger partial charge in [0.15, 0.2) is 0 Å². The molecule has 27 heavy (non-hydrogen) atoms. The zero-order chi connectivity index (χ0) is 18.8. The molecule has 1 aliphatic rings. The standard InChI is InChI=1S/C22H17NO4/c23-21(24)15-11-9-14(10-12-15)13-26-22(25)20-16-5-1-3-7-18(16)27-19-8-4-2-6-17(19)20/h1-12,20H,13H2,(H2,23,24). The Bertz CT molecular complexity index is 965. The van der Waals surface area contributed by atoms with E-state index in [-0.39, 0.29) is 12.6 Å². The van der Waals surface area contributed by atoms with Gasteiger partial charge in [-0.15, -0.1) is 0 Å². The number of rotatable bonds is 4. The Morgan fingerprint density at radius 1 is 0.852 bits per heavy atom. The molecule has 5 nitrogen and oxygen atoms in total. The Labute approximate surface area is 156 Å². The van der Waals surface area contributed by atoms with Crippen LogP contribution in [0.4, 0.5) is 0 Å². The minimum atomic E-state index is -0.545. The van der Waals surface area contributed by atoms with Crippen molar-refractivity contribution in [2.75, 3.05) is 0 Å². The normalized spacial score (nSPS) is 12.4. The predicted octanol–water partition coefficient (Wildman–Crippen LogP) is 3.77. The fourth-order valence-corrected chi connectivity index (χ4v) is 3.17. The Kier molecular flexibility index (Phi) is 4.34. The van der Waals surface area contributed by atoms with Gasteiger partial charge in [0.25, 0.3) is 0 Å². The molecule has 0 atom stereocenters. The molecule has 1 heterocycles. The fourth-order valence-electron chi connectivity index (χ4n) is 3.17. The van der Waals surface area contributed by atoms with E-state index >= 15 is 0 Å². The van der Waals surface area contributed by atoms with Gasteiger partial charge in [0.2, 0.25) is 5.91 Å². The van der Waals surface area contributed by atoms with Crippen molar-refractivity contribution in [1.82, 2.24) is 0 Å². The number of hydrogen-bond acceptors (Lipinski definition) is 4. The highest BCUT2D eigenvalue weighted by atomic mass is 16.5. The van der Waals surface area contributed by atoms with E-state index in [4.69, 9.17) is 15.2 Å². The average Bonchev–Trinajstić information content (AvgIpc) is 2.70. The zero-order valence-electron chi connectivity index (χ0n) is 14.4. The van der Waals surface area contributed by atoms with Crippen molar-refractivity contribution in [3.05, 3.63) is 95.1 Å². The lowest BCUT2D eigenvalue weighted by atomic mass is 9.88. The Balaban J connectivity index is 1.57. The number of amides is 1. The highest BCUT2D eigenvalue weighted by Crippen LogP contribution is 2.44. The van der Waals surface area contributed by atoms with Crippen LogP contribution < -0.4 is 10.5 Å². The maximum absolute atomic E-state index is 12.9. The molecule has 0 radical (unpaired) electrons. The van der Waals surface area contributed by atoms with Crippen LogP contribution in [0.5, 0.6) is 11.5 Å². The number of esters is 1. The van der Waals surface area contributed by atoms with Gasteiger partial charge in [-0.25, -0.2) is 0 Å². The molecule has 0 spiro atoms. The first kappa shape index (κ1) is 16.8. The average molecular weight is 359 g/mol. The number of fused-ring (bicyclic) bond motifs is 2. The van der Waals surface area contributed by atoms with Crippen LogP contribution in [0.1, 0.15) is 33.0 Å². The van der Waals surface area contributed by atoms with E-state index in [0.717, 1.165) is 16.7 Å². The van der Waals surface area contributed by atoms with Gasteiger partial charge in [0.1, 0.15) is 24.0 Å². The highest BCUT2D eigenvalue weighted by molar-refractivity contribution is 5.92. The second kappa shape index (κ2) is 6.96. The van der Waals surface area contributed by atoms with E-state index < -0.39 is 11.8 Å². The maximum atomic E-state index is 12.9. The van der Waals surface area contributed by atoms with Gasteiger partial charge in [-0.2, -0.15) is 0 Å². The molecular formula is C22H17NO4.